The van der Waals surface area contributed by atoms with Crippen LogP contribution in [0.3, 0.4) is 0 Å². The minimum Gasteiger partial charge on any atom is -0.338 e. The minimum absolute atomic E-state index is 0.284. The van der Waals surface area contributed by atoms with Crippen molar-refractivity contribution in [1.82, 2.24) is 29.9 Å². The maximum atomic E-state index is 12.7. The van der Waals surface area contributed by atoms with E-state index in [-0.39, 0.29) is 17.0 Å². The Morgan fingerprint density at radius 1 is 1.18 bits per heavy atom. The smallest absolute Gasteiger partial charge is 0.269 e. The average molecular weight is 504 g/mol. The third-order valence-corrected chi connectivity index (χ3v) is 5.65. The van der Waals surface area contributed by atoms with E-state index in [2.05, 4.69) is 46.7 Å². The summed E-state index contributed by atoms with van der Waals surface area (Å²) in [5.74, 6) is 0.0462. The zero-order valence-electron chi connectivity index (χ0n) is 17.4. The molecule has 0 aliphatic carbocycles. The quantitative estimate of drug-likeness (QED) is 0.271. The number of hydrogen-bond donors (Lipinski definition) is 4. The standard InChI is InChI=1S/C23H18BrN7O2/c1-13-9-16(31-8-7-25-12-31)11-18-20(13)28-21(27-18)19-17(5-6-26-23(19)33)29-30-22(32)14-3-2-4-15(24)10-14/h2-12H,1H3,(H,27,28)(H,30,32)(H2,26,29,33). The highest BCUT2D eigenvalue weighted by Crippen LogP contribution is 2.27. The van der Waals surface area contributed by atoms with Gasteiger partial charge in [-0.3, -0.25) is 20.4 Å². The zero-order valence-corrected chi connectivity index (χ0v) is 19.0. The van der Waals surface area contributed by atoms with Crippen LogP contribution in [-0.2, 0) is 0 Å². The highest BCUT2D eigenvalue weighted by molar-refractivity contribution is 9.10. The fourth-order valence-corrected chi connectivity index (χ4v) is 3.99. The van der Waals surface area contributed by atoms with Crippen molar-refractivity contribution < 1.29 is 4.79 Å². The van der Waals surface area contributed by atoms with Crippen LogP contribution in [0.25, 0.3) is 28.1 Å². The summed E-state index contributed by atoms with van der Waals surface area (Å²) in [6.45, 7) is 1.96. The maximum Gasteiger partial charge on any atom is 0.269 e. The predicted octanol–water partition coefficient (Wildman–Crippen LogP) is 3.93. The van der Waals surface area contributed by atoms with Gasteiger partial charge in [0.05, 0.1) is 23.0 Å². The molecule has 5 rings (SSSR count). The van der Waals surface area contributed by atoms with Crippen molar-refractivity contribution >= 4 is 38.6 Å². The van der Waals surface area contributed by atoms with Crippen LogP contribution in [0.4, 0.5) is 5.69 Å². The third-order valence-electron chi connectivity index (χ3n) is 5.16. The largest absolute Gasteiger partial charge is 0.338 e. The summed E-state index contributed by atoms with van der Waals surface area (Å²) in [7, 11) is 0. The molecule has 0 atom stereocenters. The first-order chi connectivity index (χ1) is 16.0. The first kappa shape index (κ1) is 20.7. The molecule has 0 fully saturated rings. The first-order valence-corrected chi connectivity index (χ1v) is 10.8. The molecule has 33 heavy (non-hydrogen) atoms. The van der Waals surface area contributed by atoms with Crippen LogP contribution in [0, 0.1) is 6.92 Å². The van der Waals surface area contributed by atoms with Crippen molar-refractivity contribution in [2.24, 2.45) is 0 Å². The van der Waals surface area contributed by atoms with Gasteiger partial charge in [0.2, 0.25) is 0 Å². The number of rotatable bonds is 5. The lowest BCUT2D eigenvalue weighted by molar-refractivity contribution is 0.0962. The molecule has 0 saturated heterocycles. The molecule has 4 N–H and O–H groups in total. The monoisotopic (exact) mass is 503 g/mol. The fourth-order valence-electron chi connectivity index (χ4n) is 3.59. The summed E-state index contributed by atoms with van der Waals surface area (Å²) in [4.78, 5) is 39.9. The molecule has 0 aliphatic rings. The van der Waals surface area contributed by atoms with Gasteiger partial charge in [0.1, 0.15) is 11.4 Å². The second kappa shape index (κ2) is 8.40. The minimum atomic E-state index is -0.344. The van der Waals surface area contributed by atoms with Crippen LogP contribution in [-0.4, -0.2) is 30.4 Å². The second-order valence-electron chi connectivity index (χ2n) is 7.40. The van der Waals surface area contributed by atoms with Gasteiger partial charge in [-0.05, 0) is 48.9 Å². The van der Waals surface area contributed by atoms with Crippen molar-refractivity contribution in [2.75, 3.05) is 5.43 Å². The molecule has 3 heterocycles. The highest BCUT2D eigenvalue weighted by atomic mass is 79.9. The molecule has 9 nitrogen and oxygen atoms in total. The van der Waals surface area contributed by atoms with Gasteiger partial charge >= 0.3 is 0 Å². The van der Waals surface area contributed by atoms with Gasteiger partial charge in [0.15, 0.2) is 0 Å². The fraction of sp³-hybridized carbons (Fsp3) is 0.0435. The molecule has 164 valence electrons. The Morgan fingerprint density at radius 2 is 2.06 bits per heavy atom. The number of aryl methyl sites for hydroxylation is 1. The third kappa shape index (κ3) is 4.03. The molecule has 2 aromatic carbocycles. The SMILES string of the molecule is Cc1cc(-n2ccnc2)cc2[nH]c(-c3c(NNC(=O)c4cccc(Br)c4)cc[nH]c3=O)nc12. The summed E-state index contributed by atoms with van der Waals surface area (Å²) in [5.41, 5.74) is 9.71. The van der Waals surface area contributed by atoms with E-state index in [1.807, 2.05) is 35.9 Å². The number of pyridine rings is 1. The summed E-state index contributed by atoms with van der Waals surface area (Å²) in [5, 5.41) is 0. The molecule has 0 aliphatic heterocycles. The van der Waals surface area contributed by atoms with Gasteiger partial charge in [-0.1, -0.05) is 22.0 Å². The van der Waals surface area contributed by atoms with Crippen molar-refractivity contribution in [3.05, 3.63) is 93.3 Å². The number of halogens is 1. The second-order valence-corrected chi connectivity index (χ2v) is 8.31. The number of carbonyl (C=O) groups is 1. The molecule has 1 amide bonds. The van der Waals surface area contributed by atoms with Crippen LogP contribution >= 0.6 is 15.9 Å². The van der Waals surface area contributed by atoms with E-state index in [9.17, 15) is 9.59 Å². The number of aromatic nitrogens is 5. The van der Waals surface area contributed by atoms with Gasteiger partial charge < -0.3 is 14.5 Å². The number of aromatic amines is 2. The van der Waals surface area contributed by atoms with E-state index >= 15 is 0 Å². The molecular formula is C23H18BrN7O2. The van der Waals surface area contributed by atoms with Crippen molar-refractivity contribution in [2.45, 2.75) is 6.92 Å². The molecule has 3 aromatic heterocycles. The van der Waals surface area contributed by atoms with E-state index in [0.717, 1.165) is 26.8 Å². The van der Waals surface area contributed by atoms with Gasteiger partial charge in [-0.2, -0.15) is 0 Å². The molecular weight excluding hydrogens is 486 g/mol. The number of fused-ring (bicyclic) bond motifs is 1. The number of carbonyl (C=O) groups excluding carboxylic acids is 1. The van der Waals surface area contributed by atoms with Crippen LogP contribution in [0.2, 0.25) is 0 Å². The number of hydrogen-bond acceptors (Lipinski definition) is 5. The Bertz CT molecular complexity index is 1540. The zero-order chi connectivity index (χ0) is 22.9. The number of nitrogens with one attached hydrogen (secondary N) is 4. The van der Waals surface area contributed by atoms with Gasteiger partial charge in [-0.15, -0.1) is 0 Å². The van der Waals surface area contributed by atoms with E-state index < -0.39 is 0 Å². The Balaban J connectivity index is 1.50. The normalized spacial score (nSPS) is 11.0. The molecule has 0 bridgehead atoms. The number of amides is 1. The van der Waals surface area contributed by atoms with Crippen LogP contribution in [0.5, 0.6) is 0 Å². The molecule has 10 heteroatoms. The van der Waals surface area contributed by atoms with E-state index in [1.165, 1.54) is 6.20 Å². The summed E-state index contributed by atoms with van der Waals surface area (Å²) >= 11 is 3.36. The lowest BCUT2D eigenvalue weighted by Crippen LogP contribution is -2.30. The molecule has 5 aromatic rings. The lowest BCUT2D eigenvalue weighted by atomic mass is 10.2. The Labute approximate surface area is 196 Å². The lowest BCUT2D eigenvalue weighted by Gasteiger charge is -2.11. The van der Waals surface area contributed by atoms with E-state index in [0.29, 0.717) is 17.1 Å². The highest BCUT2D eigenvalue weighted by Gasteiger charge is 2.17. The van der Waals surface area contributed by atoms with Crippen LogP contribution < -0.4 is 16.4 Å². The van der Waals surface area contributed by atoms with Crippen LogP contribution in [0.1, 0.15) is 15.9 Å². The number of H-pyrrole nitrogens is 2. The average Bonchev–Trinajstić information content (AvgIpc) is 3.48. The van der Waals surface area contributed by atoms with Gasteiger partial charge in [0, 0.05) is 34.3 Å². The number of hydrazine groups is 1. The number of imidazole rings is 2. The molecule has 0 unspecified atom stereocenters. The van der Waals surface area contributed by atoms with E-state index in [4.69, 9.17) is 0 Å². The van der Waals surface area contributed by atoms with Gasteiger partial charge in [0.25, 0.3) is 11.5 Å². The summed E-state index contributed by atoms with van der Waals surface area (Å²) in [6, 6.07) is 12.6. The number of benzene rings is 2. The van der Waals surface area contributed by atoms with Crippen molar-refractivity contribution in [1.29, 1.82) is 0 Å². The molecule has 0 spiro atoms. The Hall–Kier alpha value is -4.18. The Kier molecular flexibility index (Phi) is 5.27. The maximum absolute atomic E-state index is 12.7. The number of nitrogens with zero attached hydrogens (tertiary/aromatic N) is 3. The van der Waals surface area contributed by atoms with Crippen molar-refractivity contribution in [3.8, 4) is 17.1 Å². The molecule has 0 saturated carbocycles. The number of anilines is 1. The van der Waals surface area contributed by atoms with Gasteiger partial charge in [-0.25, -0.2) is 9.97 Å². The van der Waals surface area contributed by atoms with Crippen molar-refractivity contribution in [3.63, 3.8) is 0 Å². The predicted molar refractivity (Wildman–Crippen MR) is 129 cm³/mol. The molecule has 0 radical (unpaired) electrons. The first-order valence-electron chi connectivity index (χ1n) is 10.0. The summed E-state index contributed by atoms with van der Waals surface area (Å²) < 4.78 is 2.69. The van der Waals surface area contributed by atoms with Crippen LogP contribution in [0.15, 0.2) is 76.6 Å². The van der Waals surface area contributed by atoms with E-state index in [1.54, 1.807) is 36.8 Å². The topological polar surface area (TPSA) is 120 Å². The summed E-state index contributed by atoms with van der Waals surface area (Å²) in [6.07, 6.45) is 6.79. The Morgan fingerprint density at radius 3 is 2.85 bits per heavy atom.